The number of nitrogens with two attached hydrogens (primary N) is 1. The van der Waals surface area contributed by atoms with Crippen molar-refractivity contribution in [2.75, 3.05) is 13.1 Å². The summed E-state index contributed by atoms with van der Waals surface area (Å²) < 4.78 is 0. The topological polar surface area (TPSA) is 70.3 Å². The molecule has 4 heteroatoms. The molecule has 0 aromatic heterocycles. The summed E-state index contributed by atoms with van der Waals surface area (Å²) in [5.41, 5.74) is 7.28. The van der Waals surface area contributed by atoms with Crippen molar-refractivity contribution in [2.45, 2.75) is 64.3 Å². The van der Waals surface area contributed by atoms with Gasteiger partial charge in [-0.25, -0.2) is 0 Å². The molecule has 4 atom stereocenters. The van der Waals surface area contributed by atoms with Gasteiger partial charge in [-0.1, -0.05) is 44.2 Å². The van der Waals surface area contributed by atoms with Crippen LogP contribution in [0.4, 0.5) is 0 Å². The Hall–Kier alpha value is -0.940. The predicted octanol–water partition coefficient (Wildman–Crippen LogP) is 1.67. The summed E-state index contributed by atoms with van der Waals surface area (Å²) in [6.07, 6.45) is 2.33. The Bertz CT molecular complexity index is 385. The van der Waals surface area contributed by atoms with Crippen LogP contribution >= 0.6 is 0 Å². The van der Waals surface area contributed by atoms with Crippen molar-refractivity contribution in [3.63, 3.8) is 0 Å². The van der Waals surface area contributed by atoms with Crippen LogP contribution in [0.25, 0.3) is 0 Å². The molecule has 1 rings (SSSR count). The fourth-order valence-electron chi connectivity index (χ4n) is 2.31. The molecule has 0 aliphatic rings. The average Bonchev–Trinajstić information content (AvgIpc) is 2.55. The van der Waals surface area contributed by atoms with Gasteiger partial charge in [-0.2, -0.15) is 0 Å². The SMILES string of the molecule is CC[C@H](CN[C@H](C)CC)NC[C@@H](O)[C@@H](N)Cc1ccccc1. The Kier molecular flexibility index (Phi) is 9.32. The van der Waals surface area contributed by atoms with Crippen LogP contribution in [0, 0.1) is 0 Å². The van der Waals surface area contributed by atoms with E-state index in [1.807, 2.05) is 30.3 Å². The van der Waals surface area contributed by atoms with Crippen molar-refractivity contribution < 1.29 is 5.11 Å². The first-order valence-electron chi connectivity index (χ1n) is 8.51. The van der Waals surface area contributed by atoms with Gasteiger partial charge in [0.15, 0.2) is 0 Å². The largest absolute Gasteiger partial charge is 0.390 e. The van der Waals surface area contributed by atoms with E-state index in [-0.39, 0.29) is 6.04 Å². The fraction of sp³-hybridized carbons (Fsp3) is 0.667. The van der Waals surface area contributed by atoms with Crippen LogP contribution in [0.15, 0.2) is 30.3 Å². The van der Waals surface area contributed by atoms with Gasteiger partial charge in [0.05, 0.1) is 6.10 Å². The van der Waals surface area contributed by atoms with Crippen molar-refractivity contribution in [3.8, 4) is 0 Å². The molecule has 0 radical (unpaired) electrons. The lowest BCUT2D eigenvalue weighted by Gasteiger charge is -2.24. The van der Waals surface area contributed by atoms with E-state index < -0.39 is 6.10 Å². The molecule has 126 valence electrons. The van der Waals surface area contributed by atoms with Crippen molar-refractivity contribution in [1.82, 2.24) is 10.6 Å². The molecule has 0 heterocycles. The summed E-state index contributed by atoms with van der Waals surface area (Å²) in [4.78, 5) is 0. The van der Waals surface area contributed by atoms with E-state index in [1.54, 1.807) is 0 Å². The lowest BCUT2D eigenvalue weighted by atomic mass is 10.0. The molecule has 1 aromatic rings. The average molecular weight is 307 g/mol. The van der Waals surface area contributed by atoms with Gasteiger partial charge in [0.2, 0.25) is 0 Å². The van der Waals surface area contributed by atoms with Crippen LogP contribution in [0.1, 0.15) is 39.2 Å². The summed E-state index contributed by atoms with van der Waals surface area (Å²) in [5, 5.41) is 17.2. The van der Waals surface area contributed by atoms with Gasteiger partial charge in [0.25, 0.3) is 0 Å². The number of rotatable bonds is 11. The molecule has 0 aliphatic carbocycles. The van der Waals surface area contributed by atoms with E-state index in [2.05, 4.69) is 31.4 Å². The van der Waals surface area contributed by atoms with Crippen LogP contribution in [0.5, 0.6) is 0 Å². The first-order valence-corrected chi connectivity index (χ1v) is 8.51. The van der Waals surface area contributed by atoms with Gasteiger partial charge in [-0.15, -0.1) is 0 Å². The molecular weight excluding hydrogens is 274 g/mol. The maximum absolute atomic E-state index is 10.2. The minimum absolute atomic E-state index is 0.241. The van der Waals surface area contributed by atoms with Crippen molar-refractivity contribution in [2.24, 2.45) is 5.73 Å². The standard InChI is InChI=1S/C18H33N3O/c1-4-14(3)20-12-16(5-2)21-13-18(22)17(19)11-15-9-7-6-8-10-15/h6-10,14,16-18,20-22H,4-5,11-13,19H2,1-3H3/t14-,16-,17+,18-/m1/s1. The Morgan fingerprint density at radius 3 is 2.32 bits per heavy atom. The second kappa shape index (κ2) is 10.7. The van der Waals surface area contributed by atoms with Gasteiger partial charge in [0, 0.05) is 31.2 Å². The van der Waals surface area contributed by atoms with Crippen LogP contribution < -0.4 is 16.4 Å². The lowest BCUT2D eigenvalue weighted by molar-refractivity contribution is 0.137. The third kappa shape index (κ3) is 7.36. The molecule has 0 saturated heterocycles. The van der Waals surface area contributed by atoms with Crippen LogP contribution in [-0.4, -0.2) is 42.4 Å². The van der Waals surface area contributed by atoms with Crippen molar-refractivity contribution >= 4 is 0 Å². The molecule has 5 N–H and O–H groups in total. The molecule has 0 fully saturated rings. The van der Waals surface area contributed by atoms with E-state index >= 15 is 0 Å². The van der Waals surface area contributed by atoms with Gasteiger partial charge in [0.1, 0.15) is 0 Å². The molecule has 4 nitrogen and oxygen atoms in total. The van der Waals surface area contributed by atoms with E-state index in [0.29, 0.717) is 25.0 Å². The zero-order valence-electron chi connectivity index (χ0n) is 14.3. The smallest absolute Gasteiger partial charge is 0.0818 e. The van der Waals surface area contributed by atoms with Crippen LogP contribution in [0.3, 0.4) is 0 Å². The van der Waals surface area contributed by atoms with E-state index in [0.717, 1.165) is 19.4 Å². The highest BCUT2D eigenvalue weighted by Crippen LogP contribution is 2.04. The van der Waals surface area contributed by atoms with Crippen LogP contribution in [0.2, 0.25) is 0 Å². The lowest BCUT2D eigenvalue weighted by Crippen LogP contribution is -2.48. The molecule has 0 aliphatic heterocycles. The molecule has 0 saturated carbocycles. The number of benzene rings is 1. The zero-order valence-corrected chi connectivity index (χ0v) is 14.3. The highest BCUT2D eigenvalue weighted by Gasteiger charge is 2.17. The summed E-state index contributed by atoms with van der Waals surface area (Å²) in [7, 11) is 0. The number of hydrogen-bond donors (Lipinski definition) is 4. The van der Waals surface area contributed by atoms with Gasteiger partial charge in [-0.05, 0) is 31.7 Å². The number of hydrogen-bond acceptors (Lipinski definition) is 4. The fourth-order valence-corrected chi connectivity index (χ4v) is 2.31. The Balaban J connectivity index is 2.31. The maximum atomic E-state index is 10.2. The monoisotopic (exact) mass is 307 g/mol. The molecule has 0 amide bonds. The molecular formula is C18H33N3O. The Labute approximate surface area is 135 Å². The normalized spacial score (nSPS) is 17.0. The summed E-state index contributed by atoms with van der Waals surface area (Å²) in [5.74, 6) is 0. The van der Waals surface area contributed by atoms with Gasteiger partial charge >= 0.3 is 0 Å². The highest BCUT2D eigenvalue weighted by molar-refractivity contribution is 5.16. The predicted molar refractivity (Wildman–Crippen MR) is 94.0 cm³/mol. The minimum atomic E-state index is -0.530. The summed E-state index contributed by atoms with van der Waals surface area (Å²) in [6, 6.07) is 10.7. The molecule has 0 spiro atoms. The number of aliphatic hydroxyl groups is 1. The van der Waals surface area contributed by atoms with Crippen molar-refractivity contribution in [3.05, 3.63) is 35.9 Å². The van der Waals surface area contributed by atoms with Crippen LogP contribution in [-0.2, 0) is 6.42 Å². The Morgan fingerprint density at radius 1 is 1.05 bits per heavy atom. The maximum Gasteiger partial charge on any atom is 0.0818 e. The summed E-state index contributed by atoms with van der Waals surface area (Å²) >= 11 is 0. The first-order chi connectivity index (χ1) is 10.6. The Morgan fingerprint density at radius 2 is 1.73 bits per heavy atom. The molecule has 1 aromatic carbocycles. The van der Waals surface area contributed by atoms with Gasteiger partial charge < -0.3 is 21.5 Å². The second-order valence-electron chi connectivity index (χ2n) is 6.15. The first kappa shape index (κ1) is 19.1. The van der Waals surface area contributed by atoms with Gasteiger partial charge in [-0.3, -0.25) is 0 Å². The molecule has 0 unspecified atom stereocenters. The van der Waals surface area contributed by atoms with E-state index in [9.17, 15) is 5.11 Å². The minimum Gasteiger partial charge on any atom is -0.390 e. The zero-order chi connectivity index (χ0) is 16.4. The number of nitrogens with one attached hydrogen (secondary N) is 2. The highest BCUT2D eigenvalue weighted by atomic mass is 16.3. The molecule has 0 bridgehead atoms. The van der Waals surface area contributed by atoms with Crippen molar-refractivity contribution in [1.29, 1.82) is 0 Å². The third-order valence-corrected chi connectivity index (χ3v) is 4.24. The number of aliphatic hydroxyl groups excluding tert-OH is 1. The quantitative estimate of drug-likeness (QED) is 0.502. The van der Waals surface area contributed by atoms with E-state index in [1.165, 1.54) is 5.56 Å². The molecule has 22 heavy (non-hydrogen) atoms. The summed E-state index contributed by atoms with van der Waals surface area (Å²) in [6.45, 7) is 7.99. The second-order valence-corrected chi connectivity index (χ2v) is 6.15. The third-order valence-electron chi connectivity index (χ3n) is 4.24. The van der Waals surface area contributed by atoms with E-state index in [4.69, 9.17) is 5.73 Å².